The van der Waals surface area contributed by atoms with Crippen molar-refractivity contribution in [3.8, 4) is 0 Å². The fraction of sp³-hybridized carbons (Fsp3) is 0.357. The summed E-state index contributed by atoms with van der Waals surface area (Å²) in [6.07, 6.45) is 2.00. The maximum Gasteiger partial charge on any atom is 0.126 e. The molecule has 0 unspecified atom stereocenters. The average Bonchev–Trinajstić information content (AvgIpc) is 2.63. The van der Waals surface area contributed by atoms with Gasteiger partial charge < -0.3 is 5.32 Å². The number of halogens is 1. The Balaban J connectivity index is 1.92. The van der Waals surface area contributed by atoms with Gasteiger partial charge in [-0.3, -0.25) is 4.68 Å². The van der Waals surface area contributed by atoms with Crippen molar-refractivity contribution in [2.75, 3.05) is 0 Å². The van der Waals surface area contributed by atoms with Crippen LogP contribution in [0.1, 0.15) is 22.4 Å². The van der Waals surface area contributed by atoms with E-state index in [4.69, 9.17) is 0 Å². The minimum absolute atomic E-state index is 0.146. The van der Waals surface area contributed by atoms with E-state index in [0.29, 0.717) is 12.1 Å². The van der Waals surface area contributed by atoms with Crippen LogP contribution in [0.5, 0.6) is 0 Å². The van der Waals surface area contributed by atoms with Crippen molar-refractivity contribution < 1.29 is 4.39 Å². The topological polar surface area (TPSA) is 29.9 Å². The zero-order valence-electron chi connectivity index (χ0n) is 11.0. The van der Waals surface area contributed by atoms with Gasteiger partial charge in [-0.15, -0.1) is 0 Å². The fourth-order valence-electron chi connectivity index (χ4n) is 1.91. The van der Waals surface area contributed by atoms with Crippen LogP contribution in [-0.2, 0) is 20.1 Å². The normalized spacial score (nSPS) is 10.9. The van der Waals surface area contributed by atoms with E-state index in [1.165, 1.54) is 5.56 Å². The highest BCUT2D eigenvalue weighted by Gasteiger charge is 2.03. The quantitative estimate of drug-likeness (QED) is 0.899. The Kier molecular flexibility index (Phi) is 3.77. The van der Waals surface area contributed by atoms with E-state index < -0.39 is 0 Å². The van der Waals surface area contributed by atoms with E-state index in [1.807, 2.05) is 32.3 Å². The summed E-state index contributed by atoms with van der Waals surface area (Å²) >= 11 is 0. The van der Waals surface area contributed by atoms with Gasteiger partial charge in [0.05, 0.1) is 5.69 Å². The predicted octanol–water partition coefficient (Wildman–Crippen LogP) is 2.47. The summed E-state index contributed by atoms with van der Waals surface area (Å²) in [5.41, 5.74) is 3.84. The summed E-state index contributed by atoms with van der Waals surface area (Å²) in [6, 6.07) is 5.33. The third kappa shape index (κ3) is 2.96. The second-order valence-corrected chi connectivity index (χ2v) is 4.60. The van der Waals surface area contributed by atoms with E-state index in [9.17, 15) is 4.39 Å². The van der Waals surface area contributed by atoms with Crippen LogP contribution in [0.25, 0.3) is 0 Å². The zero-order chi connectivity index (χ0) is 13.1. The molecule has 0 aliphatic rings. The molecule has 18 heavy (non-hydrogen) atoms. The summed E-state index contributed by atoms with van der Waals surface area (Å²) in [4.78, 5) is 0. The summed E-state index contributed by atoms with van der Waals surface area (Å²) < 4.78 is 15.2. The smallest absolute Gasteiger partial charge is 0.126 e. The molecule has 1 N–H and O–H groups in total. The predicted molar refractivity (Wildman–Crippen MR) is 69.6 cm³/mol. The number of aromatic nitrogens is 2. The molecule has 0 atom stereocenters. The highest BCUT2D eigenvalue weighted by Crippen LogP contribution is 2.09. The molecule has 1 aromatic heterocycles. The van der Waals surface area contributed by atoms with E-state index in [1.54, 1.807) is 17.7 Å². The molecule has 0 bridgehead atoms. The Morgan fingerprint density at radius 1 is 1.28 bits per heavy atom. The van der Waals surface area contributed by atoms with Crippen LogP contribution >= 0.6 is 0 Å². The first-order chi connectivity index (χ1) is 8.56. The minimum atomic E-state index is -0.146. The van der Waals surface area contributed by atoms with Crippen molar-refractivity contribution in [1.29, 1.82) is 0 Å². The first kappa shape index (κ1) is 12.8. The van der Waals surface area contributed by atoms with Gasteiger partial charge in [0.15, 0.2) is 0 Å². The molecule has 4 heteroatoms. The largest absolute Gasteiger partial charge is 0.308 e. The molecule has 0 saturated heterocycles. The summed E-state index contributed by atoms with van der Waals surface area (Å²) in [5.74, 6) is -0.146. The minimum Gasteiger partial charge on any atom is -0.308 e. The fourth-order valence-corrected chi connectivity index (χ4v) is 1.91. The summed E-state index contributed by atoms with van der Waals surface area (Å²) in [5, 5.41) is 7.58. The second-order valence-electron chi connectivity index (χ2n) is 4.60. The van der Waals surface area contributed by atoms with E-state index >= 15 is 0 Å². The molecule has 2 rings (SSSR count). The molecule has 0 saturated carbocycles. The van der Waals surface area contributed by atoms with Crippen molar-refractivity contribution >= 4 is 0 Å². The van der Waals surface area contributed by atoms with E-state index in [2.05, 4.69) is 10.4 Å². The first-order valence-corrected chi connectivity index (χ1v) is 6.01. The van der Waals surface area contributed by atoms with Crippen molar-refractivity contribution in [3.63, 3.8) is 0 Å². The molecule has 0 aliphatic carbocycles. The molecule has 0 radical (unpaired) electrons. The van der Waals surface area contributed by atoms with Crippen molar-refractivity contribution in [2.45, 2.75) is 26.9 Å². The van der Waals surface area contributed by atoms with Gasteiger partial charge in [-0.05, 0) is 31.0 Å². The SMILES string of the molecule is Cc1ccc(CNCc2cn(C)nc2C)cc1F. The van der Waals surface area contributed by atoms with Crippen molar-refractivity contribution in [3.05, 3.63) is 52.6 Å². The maximum atomic E-state index is 13.4. The van der Waals surface area contributed by atoms with Gasteiger partial charge in [0.1, 0.15) is 5.82 Å². The van der Waals surface area contributed by atoms with E-state index in [-0.39, 0.29) is 5.82 Å². The molecule has 0 amide bonds. The van der Waals surface area contributed by atoms with E-state index in [0.717, 1.165) is 17.8 Å². The Bertz CT molecular complexity index is 546. The zero-order valence-corrected chi connectivity index (χ0v) is 11.0. The van der Waals surface area contributed by atoms with Crippen LogP contribution in [0, 0.1) is 19.7 Å². The number of rotatable bonds is 4. The van der Waals surface area contributed by atoms with Crippen LogP contribution in [0.4, 0.5) is 4.39 Å². The molecule has 0 aliphatic heterocycles. The Labute approximate surface area is 107 Å². The lowest BCUT2D eigenvalue weighted by atomic mass is 10.1. The van der Waals surface area contributed by atoms with Crippen LogP contribution in [0.15, 0.2) is 24.4 Å². The standard InChI is InChI=1S/C14H18FN3/c1-10-4-5-12(6-14(10)15)7-16-8-13-9-18(3)17-11(13)2/h4-6,9,16H,7-8H2,1-3H3. The lowest BCUT2D eigenvalue weighted by molar-refractivity contribution is 0.611. The van der Waals surface area contributed by atoms with Crippen LogP contribution in [0.2, 0.25) is 0 Å². The Morgan fingerprint density at radius 2 is 2.06 bits per heavy atom. The first-order valence-electron chi connectivity index (χ1n) is 6.01. The van der Waals surface area contributed by atoms with Gasteiger partial charge in [-0.1, -0.05) is 12.1 Å². The second kappa shape index (κ2) is 5.31. The molecule has 96 valence electrons. The van der Waals surface area contributed by atoms with Gasteiger partial charge in [0.25, 0.3) is 0 Å². The van der Waals surface area contributed by atoms with Gasteiger partial charge in [-0.25, -0.2) is 4.39 Å². The summed E-state index contributed by atoms with van der Waals surface area (Å²) in [7, 11) is 1.91. The van der Waals surface area contributed by atoms with Crippen LogP contribution < -0.4 is 5.32 Å². The number of hydrogen-bond acceptors (Lipinski definition) is 2. The van der Waals surface area contributed by atoms with Gasteiger partial charge in [0, 0.05) is 31.9 Å². The third-order valence-electron chi connectivity index (χ3n) is 3.00. The highest BCUT2D eigenvalue weighted by atomic mass is 19.1. The van der Waals surface area contributed by atoms with Crippen LogP contribution in [-0.4, -0.2) is 9.78 Å². The molecule has 2 aromatic rings. The maximum absolute atomic E-state index is 13.4. The molecular formula is C14H18FN3. The molecule has 0 fully saturated rings. The van der Waals surface area contributed by atoms with Gasteiger partial charge in [0.2, 0.25) is 0 Å². The number of aryl methyl sites for hydroxylation is 3. The number of nitrogens with one attached hydrogen (secondary N) is 1. The van der Waals surface area contributed by atoms with Crippen LogP contribution in [0.3, 0.4) is 0 Å². The molecule has 1 aromatic carbocycles. The molecule has 0 spiro atoms. The number of benzene rings is 1. The number of nitrogens with zero attached hydrogens (tertiary/aromatic N) is 2. The van der Waals surface area contributed by atoms with Gasteiger partial charge >= 0.3 is 0 Å². The lowest BCUT2D eigenvalue weighted by Crippen LogP contribution is -2.13. The number of hydrogen-bond donors (Lipinski definition) is 1. The highest BCUT2D eigenvalue weighted by molar-refractivity contribution is 5.23. The average molecular weight is 247 g/mol. The third-order valence-corrected chi connectivity index (χ3v) is 3.00. The monoisotopic (exact) mass is 247 g/mol. The molecule has 3 nitrogen and oxygen atoms in total. The molecular weight excluding hydrogens is 229 g/mol. The Hall–Kier alpha value is -1.68. The van der Waals surface area contributed by atoms with Gasteiger partial charge in [-0.2, -0.15) is 5.10 Å². The van der Waals surface area contributed by atoms with Crippen molar-refractivity contribution in [1.82, 2.24) is 15.1 Å². The summed E-state index contributed by atoms with van der Waals surface area (Å²) in [6.45, 7) is 5.16. The van der Waals surface area contributed by atoms with Crippen molar-refractivity contribution in [2.24, 2.45) is 7.05 Å². The molecule has 1 heterocycles. The Morgan fingerprint density at radius 3 is 2.67 bits per heavy atom. The lowest BCUT2D eigenvalue weighted by Gasteiger charge is -2.05.